The van der Waals surface area contributed by atoms with Crippen LogP contribution in [0.3, 0.4) is 0 Å². The van der Waals surface area contributed by atoms with Gasteiger partial charge < -0.3 is 9.73 Å². The molecule has 5 nitrogen and oxygen atoms in total. The van der Waals surface area contributed by atoms with Gasteiger partial charge in [0, 0.05) is 5.39 Å². The molecule has 0 aliphatic carbocycles. The lowest BCUT2D eigenvalue weighted by Crippen LogP contribution is -2.33. The van der Waals surface area contributed by atoms with Gasteiger partial charge in [-0.1, -0.05) is 18.2 Å². The van der Waals surface area contributed by atoms with Crippen LogP contribution in [0, 0.1) is 5.92 Å². The van der Waals surface area contributed by atoms with Crippen LogP contribution in [-0.4, -0.2) is 25.8 Å². The molecule has 1 aliphatic rings. The molecule has 112 valence electrons. The van der Waals surface area contributed by atoms with Crippen molar-refractivity contribution in [3.8, 4) is 0 Å². The third-order valence-corrected chi connectivity index (χ3v) is 5.60. The van der Waals surface area contributed by atoms with Crippen molar-refractivity contribution in [2.24, 2.45) is 5.92 Å². The summed E-state index contributed by atoms with van der Waals surface area (Å²) in [6.45, 7) is 1.83. The fraction of sp³-hybridized carbons (Fsp3) is 0.400. The minimum Gasteiger partial charge on any atom is -0.459 e. The number of nitrogens with one attached hydrogen (secondary N) is 1. The number of carbonyl (C=O) groups is 1. The van der Waals surface area contributed by atoms with Gasteiger partial charge >= 0.3 is 0 Å². The van der Waals surface area contributed by atoms with Gasteiger partial charge in [0.05, 0.1) is 23.5 Å². The quantitative estimate of drug-likeness (QED) is 0.941. The van der Waals surface area contributed by atoms with Crippen LogP contribution in [-0.2, 0) is 14.6 Å². The predicted octanol–water partition coefficient (Wildman–Crippen LogP) is 2.04. The number of para-hydroxylation sites is 1. The van der Waals surface area contributed by atoms with E-state index in [0.717, 1.165) is 11.0 Å². The lowest BCUT2D eigenvalue weighted by Gasteiger charge is -2.14. The zero-order valence-corrected chi connectivity index (χ0v) is 12.5. The van der Waals surface area contributed by atoms with Crippen molar-refractivity contribution >= 4 is 26.7 Å². The maximum absolute atomic E-state index is 12.1. The topological polar surface area (TPSA) is 76.4 Å². The first-order valence-electron chi connectivity index (χ1n) is 6.94. The number of hydrogen-bond acceptors (Lipinski definition) is 4. The average Bonchev–Trinajstić information content (AvgIpc) is 3.01. The van der Waals surface area contributed by atoms with E-state index in [-0.39, 0.29) is 23.5 Å². The Labute approximate surface area is 123 Å². The van der Waals surface area contributed by atoms with E-state index in [1.807, 2.05) is 37.3 Å². The zero-order valence-electron chi connectivity index (χ0n) is 11.7. The second-order valence-corrected chi connectivity index (χ2v) is 7.75. The summed E-state index contributed by atoms with van der Waals surface area (Å²) in [7, 11) is -3.05. The smallest absolute Gasteiger partial charge is 0.224 e. The molecule has 2 unspecified atom stereocenters. The van der Waals surface area contributed by atoms with Gasteiger partial charge in [-0.3, -0.25) is 4.79 Å². The first kappa shape index (κ1) is 14.1. The molecule has 1 aliphatic heterocycles. The summed E-state index contributed by atoms with van der Waals surface area (Å²) in [5, 5.41) is 3.82. The highest BCUT2D eigenvalue weighted by Gasteiger charge is 2.33. The van der Waals surface area contributed by atoms with E-state index in [1.165, 1.54) is 0 Å². The van der Waals surface area contributed by atoms with Crippen LogP contribution in [0.15, 0.2) is 34.7 Å². The highest BCUT2D eigenvalue weighted by atomic mass is 32.2. The Hall–Kier alpha value is -1.82. The molecule has 0 spiro atoms. The largest absolute Gasteiger partial charge is 0.459 e. The molecule has 2 aromatic rings. The summed E-state index contributed by atoms with van der Waals surface area (Å²) in [5.74, 6) is 0.0618. The van der Waals surface area contributed by atoms with Crippen LogP contribution in [0.1, 0.15) is 25.1 Å². The molecule has 21 heavy (non-hydrogen) atoms. The second-order valence-electron chi connectivity index (χ2n) is 5.52. The summed E-state index contributed by atoms with van der Waals surface area (Å²) in [6, 6.07) is 9.24. The predicted molar refractivity (Wildman–Crippen MR) is 79.5 cm³/mol. The molecule has 2 heterocycles. The number of furan rings is 1. The van der Waals surface area contributed by atoms with Gasteiger partial charge in [-0.05, 0) is 25.5 Å². The van der Waals surface area contributed by atoms with E-state index >= 15 is 0 Å². The highest BCUT2D eigenvalue weighted by Crippen LogP contribution is 2.25. The van der Waals surface area contributed by atoms with E-state index in [1.54, 1.807) is 0 Å². The molecular formula is C15H17NO4S. The molecule has 6 heteroatoms. The van der Waals surface area contributed by atoms with Gasteiger partial charge in [-0.25, -0.2) is 8.42 Å². The van der Waals surface area contributed by atoms with Gasteiger partial charge in [0.1, 0.15) is 11.3 Å². The van der Waals surface area contributed by atoms with Gasteiger partial charge in [-0.2, -0.15) is 0 Å². The highest BCUT2D eigenvalue weighted by molar-refractivity contribution is 7.91. The molecule has 0 saturated carbocycles. The van der Waals surface area contributed by atoms with E-state index < -0.39 is 15.8 Å². The fourth-order valence-corrected chi connectivity index (χ4v) is 4.36. The molecule has 2 atom stereocenters. The molecule has 1 aromatic carbocycles. The number of amides is 1. The van der Waals surface area contributed by atoms with E-state index in [0.29, 0.717) is 12.2 Å². The number of fused-ring (bicyclic) bond motifs is 1. The lowest BCUT2D eigenvalue weighted by atomic mass is 10.1. The molecule has 1 fully saturated rings. The number of hydrogen-bond donors (Lipinski definition) is 1. The summed E-state index contributed by atoms with van der Waals surface area (Å²) >= 11 is 0. The average molecular weight is 307 g/mol. The minimum atomic E-state index is -3.05. The molecule has 0 radical (unpaired) electrons. The molecule has 1 saturated heterocycles. The SMILES string of the molecule is CC(NC(=O)C1CCS(=O)(=O)C1)c1cc2ccccc2o1. The first-order chi connectivity index (χ1) is 9.94. The fourth-order valence-electron chi connectivity index (χ4n) is 2.62. The van der Waals surface area contributed by atoms with Crippen LogP contribution in [0.2, 0.25) is 0 Å². The third kappa shape index (κ3) is 2.95. The van der Waals surface area contributed by atoms with Gasteiger partial charge in [-0.15, -0.1) is 0 Å². The third-order valence-electron chi connectivity index (χ3n) is 3.83. The molecule has 1 aromatic heterocycles. The number of sulfone groups is 1. The Balaban J connectivity index is 1.71. The van der Waals surface area contributed by atoms with E-state index in [9.17, 15) is 13.2 Å². The first-order valence-corrected chi connectivity index (χ1v) is 8.76. The normalized spacial score (nSPS) is 22.2. The number of benzene rings is 1. The maximum atomic E-state index is 12.1. The Morgan fingerprint density at radius 3 is 2.81 bits per heavy atom. The van der Waals surface area contributed by atoms with Crippen molar-refractivity contribution in [2.45, 2.75) is 19.4 Å². The van der Waals surface area contributed by atoms with Crippen molar-refractivity contribution in [1.29, 1.82) is 0 Å². The second kappa shape index (κ2) is 5.18. The standard InChI is InChI=1S/C15H17NO4S/c1-10(14-8-11-4-2-3-5-13(11)20-14)16-15(17)12-6-7-21(18,19)9-12/h2-5,8,10,12H,6-7,9H2,1H3,(H,16,17). The zero-order chi connectivity index (χ0) is 15.0. The van der Waals surface area contributed by atoms with Gasteiger partial charge in [0.25, 0.3) is 0 Å². The number of carbonyl (C=O) groups excluding carboxylic acids is 1. The van der Waals surface area contributed by atoms with Crippen molar-refractivity contribution in [3.63, 3.8) is 0 Å². The molecule has 3 rings (SSSR count). The summed E-state index contributed by atoms with van der Waals surface area (Å²) < 4.78 is 28.5. The Morgan fingerprint density at radius 1 is 1.38 bits per heavy atom. The van der Waals surface area contributed by atoms with E-state index in [2.05, 4.69) is 5.32 Å². The summed E-state index contributed by atoms with van der Waals surface area (Å²) in [5.41, 5.74) is 0.775. The van der Waals surface area contributed by atoms with Crippen molar-refractivity contribution in [1.82, 2.24) is 5.32 Å². The van der Waals surface area contributed by atoms with Gasteiger partial charge in [0.15, 0.2) is 9.84 Å². The van der Waals surface area contributed by atoms with Crippen LogP contribution in [0.4, 0.5) is 0 Å². The molecule has 0 bridgehead atoms. The molecular weight excluding hydrogens is 290 g/mol. The monoisotopic (exact) mass is 307 g/mol. The van der Waals surface area contributed by atoms with Crippen LogP contribution >= 0.6 is 0 Å². The Bertz CT molecular complexity index is 745. The summed E-state index contributed by atoms with van der Waals surface area (Å²) in [4.78, 5) is 12.1. The van der Waals surface area contributed by atoms with Crippen molar-refractivity contribution < 1.29 is 17.6 Å². The van der Waals surface area contributed by atoms with Crippen LogP contribution in [0.25, 0.3) is 11.0 Å². The Morgan fingerprint density at radius 2 is 2.14 bits per heavy atom. The van der Waals surface area contributed by atoms with Crippen LogP contribution < -0.4 is 5.32 Å². The summed E-state index contributed by atoms with van der Waals surface area (Å²) in [6.07, 6.45) is 0.404. The molecule has 1 amide bonds. The van der Waals surface area contributed by atoms with Gasteiger partial charge in [0.2, 0.25) is 5.91 Å². The Kier molecular flexibility index (Phi) is 3.49. The lowest BCUT2D eigenvalue weighted by molar-refractivity contribution is -0.125. The molecule has 1 N–H and O–H groups in total. The maximum Gasteiger partial charge on any atom is 0.224 e. The van der Waals surface area contributed by atoms with Crippen molar-refractivity contribution in [3.05, 3.63) is 36.1 Å². The van der Waals surface area contributed by atoms with E-state index in [4.69, 9.17) is 4.42 Å². The van der Waals surface area contributed by atoms with Crippen LogP contribution in [0.5, 0.6) is 0 Å². The van der Waals surface area contributed by atoms with Crippen molar-refractivity contribution in [2.75, 3.05) is 11.5 Å². The minimum absolute atomic E-state index is 0.0499. The number of rotatable bonds is 3.